The van der Waals surface area contributed by atoms with Gasteiger partial charge in [-0.1, -0.05) is 56.2 Å². The highest BCUT2D eigenvalue weighted by Crippen LogP contribution is 2.33. The normalized spacial score (nSPS) is 18.8. The molecule has 1 unspecified atom stereocenters. The van der Waals surface area contributed by atoms with Gasteiger partial charge in [-0.3, -0.25) is 19.8 Å². The van der Waals surface area contributed by atoms with Crippen LogP contribution in [0, 0.1) is 0 Å². The van der Waals surface area contributed by atoms with Gasteiger partial charge < -0.3 is 10.6 Å². The molecule has 144 valence electrons. The van der Waals surface area contributed by atoms with E-state index in [1.54, 1.807) is 24.3 Å². The average Bonchev–Trinajstić information content (AvgIpc) is 2.90. The molecule has 1 aliphatic rings. The smallest absolute Gasteiger partial charge is 0.325 e. The Morgan fingerprint density at radius 3 is 2.59 bits per heavy atom. The van der Waals surface area contributed by atoms with Crippen molar-refractivity contribution in [3.8, 4) is 0 Å². The molecule has 0 aromatic heterocycles. The number of rotatable bonds is 8. The highest BCUT2D eigenvalue weighted by Gasteiger charge is 2.52. The Balaban J connectivity index is 2.16. The van der Waals surface area contributed by atoms with Gasteiger partial charge >= 0.3 is 12.1 Å². The lowest BCUT2D eigenvalue weighted by molar-refractivity contribution is -0.135. The van der Waals surface area contributed by atoms with Crippen molar-refractivity contribution in [2.24, 2.45) is 0 Å². The first-order valence-corrected chi connectivity index (χ1v) is 8.82. The molecule has 1 atom stereocenters. The fourth-order valence-electron chi connectivity index (χ4n) is 2.96. The second-order valence-corrected chi connectivity index (χ2v) is 6.24. The largest absolute Gasteiger partial charge is 0.334 e. The van der Waals surface area contributed by atoms with Crippen LogP contribution in [0.1, 0.15) is 31.7 Å². The number of amides is 6. The molecule has 2 rings (SSSR count). The fourth-order valence-corrected chi connectivity index (χ4v) is 2.96. The Labute approximate surface area is 158 Å². The van der Waals surface area contributed by atoms with E-state index in [1.165, 1.54) is 6.08 Å². The van der Waals surface area contributed by atoms with Crippen molar-refractivity contribution >= 4 is 23.9 Å². The van der Waals surface area contributed by atoms with E-state index in [2.05, 4.69) is 22.5 Å². The van der Waals surface area contributed by atoms with Gasteiger partial charge in [0.05, 0.1) is 0 Å². The van der Waals surface area contributed by atoms with Crippen LogP contribution in [0.4, 0.5) is 9.59 Å². The van der Waals surface area contributed by atoms with Crippen LogP contribution in [-0.4, -0.2) is 41.9 Å². The number of hydrogen-bond acceptors (Lipinski definition) is 4. The van der Waals surface area contributed by atoms with Crippen LogP contribution >= 0.6 is 0 Å². The molecule has 1 fully saturated rings. The number of nitrogens with one attached hydrogen (secondary N) is 3. The van der Waals surface area contributed by atoms with E-state index in [9.17, 15) is 19.2 Å². The van der Waals surface area contributed by atoms with Crippen molar-refractivity contribution in [3.63, 3.8) is 0 Å². The quantitative estimate of drug-likeness (QED) is 0.476. The molecule has 8 nitrogen and oxygen atoms in total. The number of carbonyl (C=O) groups excluding carboxylic acids is 4. The van der Waals surface area contributed by atoms with Gasteiger partial charge in [-0.05, 0) is 12.0 Å². The third kappa shape index (κ3) is 4.52. The maximum Gasteiger partial charge on any atom is 0.325 e. The summed E-state index contributed by atoms with van der Waals surface area (Å²) in [4.78, 5) is 50.0. The zero-order valence-electron chi connectivity index (χ0n) is 15.3. The molecule has 1 saturated heterocycles. The van der Waals surface area contributed by atoms with Gasteiger partial charge in [-0.25, -0.2) is 9.59 Å². The first-order chi connectivity index (χ1) is 12.9. The summed E-state index contributed by atoms with van der Waals surface area (Å²) in [5.41, 5.74) is -0.525. The number of carbonyl (C=O) groups is 4. The van der Waals surface area contributed by atoms with Crippen molar-refractivity contribution in [1.29, 1.82) is 0 Å². The van der Waals surface area contributed by atoms with Gasteiger partial charge in [0.15, 0.2) is 0 Å². The molecule has 1 aliphatic heterocycles. The second kappa shape index (κ2) is 8.98. The van der Waals surface area contributed by atoms with E-state index in [4.69, 9.17) is 0 Å². The molecule has 0 spiro atoms. The Hall–Kier alpha value is -3.16. The Morgan fingerprint density at radius 1 is 1.26 bits per heavy atom. The minimum atomic E-state index is -1.19. The van der Waals surface area contributed by atoms with Gasteiger partial charge in [0.1, 0.15) is 12.1 Å². The maximum atomic E-state index is 13.1. The number of urea groups is 2. The summed E-state index contributed by atoms with van der Waals surface area (Å²) in [6, 6.07) is 7.60. The lowest BCUT2D eigenvalue weighted by Gasteiger charge is -2.27. The first kappa shape index (κ1) is 20.2. The molecule has 1 aromatic rings. The third-order valence-electron chi connectivity index (χ3n) is 4.31. The van der Waals surface area contributed by atoms with Crippen LogP contribution < -0.4 is 16.0 Å². The lowest BCUT2D eigenvalue weighted by atomic mass is 9.85. The van der Waals surface area contributed by atoms with Crippen molar-refractivity contribution in [3.05, 3.63) is 48.6 Å². The Morgan fingerprint density at radius 2 is 1.96 bits per heavy atom. The predicted octanol–water partition coefficient (Wildman–Crippen LogP) is 1.64. The summed E-state index contributed by atoms with van der Waals surface area (Å²) in [6.45, 7) is 5.10. The highest BCUT2D eigenvalue weighted by molar-refractivity contribution is 6.10. The monoisotopic (exact) mass is 372 g/mol. The molecule has 0 radical (unpaired) electrons. The molecule has 0 saturated carbocycles. The minimum Gasteiger partial charge on any atom is -0.334 e. The standard InChI is InChI=1S/C19H24N4O4/c1-3-5-11-19(14-9-7-6-8-10-14)16(25)23(18(27)22-19)13-15(24)21-17(26)20-12-4-2/h4,6-10H,2-3,5,11-13H2,1H3,(H,22,27)(H2,20,21,24,26). The van der Waals surface area contributed by atoms with E-state index < -0.39 is 36.0 Å². The molecule has 6 amide bonds. The van der Waals surface area contributed by atoms with Crippen LogP contribution in [0.2, 0.25) is 0 Å². The van der Waals surface area contributed by atoms with Crippen LogP contribution in [0.25, 0.3) is 0 Å². The zero-order valence-corrected chi connectivity index (χ0v) is 15.3. The zero-order chi connectivity index (χ0) is 19.9. The molecule has 8 heteroatoms. The van der Waals surface area contributed by atoms with Gasteiger partial charge in [0, 0.05) is 6.54 Å². The van der Waals surface area contributed by atoms with Crippen LogP contribution in [0.5, 0.6) is 0 Å². The summed E-state index contributed by atoms with van der Waals surface area (Å²) in [6.07, 6.45) is 3.46. The molecule has 1 aromatic carbocycles. The Kier molecular flexibility index (Phi) is 6.70. The number of benzene rings is 1. The van der Waals surface area contributed by atoms with E-state index in [-0.39, 0.29) is 6.54 Å². The topological polar surface area (TPSA) is 108 Å². The number of unbranched alkanes of at least 4 members (excludes halogenated alkanes) is 1. The van der Waals surface area contributed by atoms with E-state index >= 15 is 0 Å². The van der Waals surface area contributed by atoms with Crippen LogP contribution in [-0.2, 0) is 15.1 Å². The first-order valence-electron chi connectivity index (χ1n) is 8.82. The van der Waals surface area contributed by atoms with Crippen molar-refractivity contribution in [2.45, 2.75) is 31.7 Å². The molecule has 3 N–H and O–H groups in total. The average molecular weight is 372 g/mol. The van der Waals surface area contributed by atoms with Gasteiger partial charge in [0.25, 0.3) is 5.91 Å². The summed E-state index contributed by atoms with van der Waals surface area (Å²) >= 11 is 0. The summed E-state index contributed by atoms with van der Waals surface area (Å²) < 4.78 is 0. The molecule has 27 heavy (non-hydrogen) atoms. The lowest BCUT2D eigenvalue weighted by Crippen LogP contribution is -2.47. The second-order valence-electron chi connectivity index (χ2n) is 6.24. The number of hydrogen-bond donors (Lipinski definition) is 3. The summed E-state index contributed by atoms with van der Waals surface area (Å²) in [5.74, 6) is -1.24. The van der Waals surface area contributed by atoms with Crippen molar-refractivity contribution in [2.75, 3.05) is 13.1 Å². The third-order valence-corrected chi connectivity index (χ3v) is 4.31. The predicted molar refractivity (Wildman–Crippen MR) is 99.6 cm³/mol. The van der Waals surface area contributed by atoms with Crippen LogP contribution in [0.3, 0.4) is 0 Å². The molecule has 1 heterocycles. The van der Waals surface area contributed by atoms with E-state index in [0.29, 0.717) is 12.0 Å². The summed E-state index contributed by atoms with van der Waals surface area (Å²) in [7, 11) is 0. The highest BCUT2D eigenvalue weighted by atomic mass is 16.2. The molecular weight excluding hydrogens is 348 g/mol. The number of nitrogens with zero attached hydrogens (tertiary/aromatic N) is 1. The van der Waals surface area contributed by atoms with Gasteiger partial charge in [-0.15, -0.1) is 6.58 Å². The van der Waals surface area contributed by atoms with E-state index in [1.807, 2.05) is 13.0 Å². The van der Waals surface area contributed by atoms with Crippen molar-refractivity contribution < 1.29 is 19.2 Å². The van der Waals surface area contributed by atoms with Gasteiger partial charge in [0.2, 0.25) is 5.91 Å². The fraction of sp³-hybridized carbons (Fsp3) is 0.368. The summed E-state index contributed by atoms with van der Waals surface area (Å²) in [5, 5.41) is 7.22. The molecule has 0 aliphatic carbocycles. The van der Waals surface area contributed by atoms with Gasteiger partial charge in [-0.2, -0.15) is 0 Å². The van der Waals surface area contributed by atoms with Crippen molar-refractivity contribution in [1.82, 2.24) is 20.9 Å². The molecular formula is C19H24N4O4. The van der Waals surface area contributed by atoms with E-state index in [0.717, 1.165) is 17.7 Å². The maximum absolute atomic E-state index is 13.1. The van der Waals surface area contributed by atoms with Crippen LogP contribution in [0.15, 0.2) is 43.0 Å². The molecule has 0 bridgehead atoms. The SMILES string of the molecule is C=CCNC(=O)NC(=O)CN1C(=O)NC(CCCC)(c2ccccc2)C1=O. The number of imide groups is 2. The minimum absolute atomic E-state index is 0.191. The Bertz CT molecular complexity index is 734.